The minimum Gasteiger partial charge on any atom is -0.306 e. The Bertz CT molecular complexity index is 514. The molecule has 0 bridgehead atoms. The summed E-state index contributed by atoms with van der Waals surface area (Å²) in [5, 5.41) is 9.54. The van der Waals surface area contributed by atoms with E-state index in [9.17, 15) is 5.26 Å². The zero-order valence-electron chi connectivity index (χ0n) is 13.1. The highest BCUT2D eigenvalue weighted by Crippen LogP contribution is 2.29. The molecule has 2 nitrogen and oxygen atoms in total. The van der Waals surface area contributed by atoms with Crippen molar-refractivity contribution in [2.24, 2.45) is 0 Å². The molecule has 0 amide bonds. The van der Waals surface area contributed by atoms with Crippen molar-refractivity contribution >= 4 is 0 Å². The SMILES string of the molecule is CC(C)=C/C=C(\C#N)[C@@H](c1ccccc1)[C@H](C)N(C)C. The maximum Gasteiger partial charge on any atom is 0.0954 e. The monoisotopic (exact) mass is 268 g/mol. The average Bonchev–Trinajstić information content (AvgIpc) is 2.43. The maximum atomic E-state index is 9.54. The lowest BCUT2D eigenvalue weighted by Gasteiger charge is -2.29. The summed E-state index contributed by atoms with van der Waals surface area (Å²) in [7, 11) is 4.10. The molecule has 0 radical (unpaired) electrons. The maximum absolute atomic E-state index is 9.54. The Morgan fingerprint density at radius 2 is 1.75 bits per heavy atom. The van der Waals surface area contributed by atoms with Gasteiger partial charge in [-0.3, -0.25) is 0 Å². The van der Waals surface area contributed by atoms with Gasteiger partial charge in [-0.1, -0.05) is 42.0 Å². The van der Waals surface area contributed by atoms with Crippen LogP contribution < -0.4 is 0 Å². The third-order valence-corrected chi connectivity index (χ3v) is 3.52. The molecule has 0 aliphatic heterocycles. The third-order valence-electron chi connectivity index (χ3n) is 3.52. The Kier molecular flexibility index (Phi) is 6.21. The van der Waals surface area contributed by atoms with E-state index >= 15 is 0 Å². The van der Waals surface area contributed by atoms with Crippen LogP contribution in [0.25, 0.3) is 0 Å². The molecular weight excluding hydrogens is 244 g/mol. The summed E-state index contributed by atoms with van der Waals surface area (Å²) in [6, 6.07) is 12.9. The number of likely N-dealkylation sites (N-methyl/N-ethyl adjacent to an activating group) is 1. The molecule has 0 aromatic heterocycles. The summed E-state index contributed by atoms with van der Waals surface area (Å²) in [6.07, 6.45) is 3.96. The topological polar surface area (TPSA) is 27.0 Å². The number of rotatable bonds is 5. The molecular formula is C18H24N2. The van der Waals surface area contributed by atoms with E-state index in [2.05, 4.69) is 44.1 Å². The number of allylic oxidation sites excluding steroid dienone is 3. The van der Waals surface area contributed by atoms with Crippen LogP contribution in [-0.4, -0.2) is 25.0 Å². The Morgan fingerprint density at radius 3 is 2.20 bits per heavy atom. The quantitative estimate of drug-likeness (QED) is 0.593. The largest absolute Gasteiger partial charge is 0.306 e. The van der Waals surface area contributed by atoms with Gasteiger partial charge in [-0.15, -0.1) is 0 Å². The minimum absolute atomic E-state index is 0.0896. The smallest absolute Gasteiger partial charge is 0.0954 e. The van der Waals surface area contributed by atoms with E-state index in [0.29, 0.717) is 0 Å². The van der Waals surface area contributed by atoms with Gasteiger partial charge in [0.15, 0.2) is 0 Å². The molecule has 0 aliphatic carbocycles. The van der Waals surface area contributed by atoms with Crippen LogP contribution in [0, 0.1) is 11.3 Å². The van der Waals surface area contributed by atoms with Crippen molar-refractivity contribution in [3.8, 4) is 6.07 Å². The van der Waals surface area contributed by atoms with Crippen molar-refractivity contribution in [2.75, 3.05) is 14.1 Å². The first-order chi connectivity index (χ1) is 9.47. The summed E-state index contributed by atoms with van der Waals surface area (Å²) in [6.45, 7) is 6.24. The molecule has 2 heteroatoms. The Hall–Kier alpha value is -1.85. The highest BCUT2D eigenvalue weighted by molar-refractivity contribution is 5.40. The lowest BCUT2D eigenvalue weighted by Crippen LogP contribution is -2.32. The van der Waals surface area contributed by atoms with E-state index in [-0.39, 0.29) is 12.0 Å². The average molecular weight is 268 g/mol. The fourth-order valence-electron chi connectivity index (χ4n) is 2.14. The second-order valence-corrected chi connectivity index (χ2v) is 5.57. The van der Waals surface area contributed by atoms with Crippen LogP contribution in [0.5, 0.6) is 0 Å². The summed E-state index contributed by atoms with van der Waals surface area (Å²) in [4.78, 5) is 2.16. The van der Waals surface area contributed by atoms with Crippen LogP contribution in [0.4, 0.5) is 0 Å². The first-order valence-corrected chi connectivity index (χ1v) is 6.94. The predicted molar refractivity (Wildman–Crippen MR) is 85.5 cm³/mol. The van der Waals surface area contributed by atoms with Crippen LogP contribution in [0.1, 0.15) is 32.3 Å². The fraction of sp³-hybridized carbons (Fsp3) is 0.389. The lowest BCUT2D eigenvalue weighted by atomic mass is 9.85. The number of nitrogens with zero attached hydrogens (tertiary/aromatic N) is 2. The van der Waals surface area contributed by atoms with Gasteiger partial charge >= 0.3 is 0 Å². The summed E-state index contributed by atoms with van der Waals surface area (Å²) >= 11 is 0. The van der Waals surface area contributed by atoms with E-state index < -0.39 is 0 Å². The van der Waals surface area contributed by atoms with Gasteiger partial charge < -0.3 is 4.90 Å². The predicted octanol–water partition coefficient (Wildman–Crippen LogP) is 4.14. The van der Waals surface area contributed by atoms with Gasteiger partial charge in [0.2, 0.25) is 0 Å². The molecule has 20 heavy (non-hydrogen) atoms. The van der Waals surface area contributed by atoms with Gasteiger partial charge in [0.05, 0.1) is 6.07 Å². The summed E-state index contributed by atoms with van der Waals surface area (Å²) in [5.74, 6) is 0.0896. The van der Waals surface area contributed by atoms with Crippen molar-refractivity contribution in [2.45, 2.75) is 32.7 Å². The summed E-state index contributed by atoms with van der Waals surface area (Å²) < 4.78 is 0. The van der Waals surface area contributed by atoms with Crippen LogP contribution in [0.15, 0.2) is 53.6 Å². The molecule has 0 spiro atoms. The minimum atomic E-state index is 0.0896. The number of hydrogen-bond acceptors (Lipinski definition) is 2. The first-order valence-electron chi connectivity index (χ1n) is 6.94. The molecule has 2 atom stereocenters. The van der Waals surface area contributed by atoms with E-state index in [1.54, 1.807) is 0 Å². The van der Waals surface area contributed by atoms with Crippen molar-refractivity contribution in [3.05, 3.63) is 59.2 Å². The van der Waals surface area contributed by atoms with Crippen molar-refractivity contribution in [3.63, 3.8) is 0 Å². The molecule has 0 saturated heterocycles. The Morgan fingerprint density at radius 1 is 1.15 bits per heavy atom. The molecule has 0 N–H and O–H groups in total. The van der Waals surface area contributed by atoms with Gasteiger partial charge in [0.1, 0.15) is 0 Å². The van der Waals surface area contributed by atoms with Gasteiger partial charge in [-0.2, -0.15) is 5.26 Å². The van der Waals surface area contributed by atoms with Crippen molar-refractivity contribution < 1.29 is 0 Å². The normalized spacial score (nSPS) is 14.6. The standard InChI is InChI=1S/C18H24N2/c1-14(2)11-12-17(13-19)18(15(3)20(4)5)16-9-7-6-8-10-16/h6-12,15,18H,1-5H3/b17-12+/t15-,18+/m0/s1. The summed E-state index contributed by atoms with van der Waals surface area (Å²) in [5.41, 5.74) is 3.18. The van der Waals surface area contributed by atoms with E-state index in [1.165, 1.54) is 11.1 Å². The van der Waals surface area contributed by atoms with Crippen LogP contribution in [0.3, 0.4) is 0 Å². The molecule has 0 fully saturated rings. The van der Waals surface area contributed by atoms with Gasteiger partial charge in [-0.05, 0) is 46.5 Å². The van der Waals surface area contributed by atoms with E-state index in [1.807, 2.05) is 44.2 Å². The van der Waals surface area contributed by atoms with Gasteiger partial charge in [0, 0.05) is 17.5 Å². The zero-order valence-corrected chi connectivity index (χ0v) is 13.1. The van der Waals surface area contributed by atoms with E-state index in [0.717, 1.165) is 5.57 Å². The van der Waals surface area contributed by atoms with Gasteiger partial charge in [0.25, 0.3) is 0 Å². The number of benzene rings is 1. The zero-order chi connectivity index (χ0) is 15.1. The Balaban J connectivity index is 3.27. The lowest BCUT2D eigenvalue weighted by molar-refractivity contribution is 0.289. The third kappa shape index (κ3) is 4.36. The van der Waals surface area contributed by atoms with Crippen LogP contribution in [-0.2, 0) is 0 Å². The molecule has 0 unspecified atom stereocenters. The van der Waals surface area contributed by atoms with Gasteiger partial charge in [-0.25, -0.2) is 0 Å². The Labute approximate surface area is 123 Å². The molecule has 1 aromatic rings. The van der Waals surface area contributed by atoms with E-state index in [4.69, 9.17) is 0 Å². The van der Waals surface area contributed by atoms with Crippen molar-refractivity contribution in [1.82, 2.24) is 4.90 Å². The number of nitriles is 1. The molecule has 1 rings (SSSR count). The first kappa shape index (κ1) is 16.2. The molecule has 0 aliphatic rings. The second-order valence-electron chi connectivity index (χ2n) is 5.57. The number of hydrogen-bond donors (Lipinski definition) is 0. The van der Waals surface area contributed by atoms with Crippen molar-refractivity contribution in [1.29, 1.82) is 5.26 Å². The van der Waals surface area contributed by atoms with Crippen LogP contribution >= 0.6 is 0 Å². The molecule has 1 aromatic carbocycles. The van der Waals surface area contributed by atoms with Crippen LogP contribution in [0.2, 0.25) is 0 Å². The highest BCUT2D eigenvalue weighted by Gasteiger charge is 2.24. The second kappa shape index (κ2) is 7.67. The fourth-order valence-corrected chi connectivity index (χ4v) is 2.14. The highest BCUT2D eigenvalue weighted by atomic mass is 15.1. The molecule has 106 valence electrons. The molecule has 0 heterocycles. The molecule has 0 saturated carbocycles.